The summed E-state index contributed by atoms with van der Waals surface area (Å²) in [4.78, 5) is 0. The molecule has 0 aliphatic heterocycles. The van der Waals surface area contributed by atoms with E-state index in [2.05, 4.69) is 0 Å². The van der Waals surface area contributed by atoms with Crippen molar-refractivity contribution in [1.82, 2.24) is 0 Å². The highest BCUT2D eigenvalue weighted by molar-refractivity contribution is 4.85. The Morgan fingerprint density at radius 2 is 1.67 bits per heavy atom. The minimum absolute atomic E-state index is 0.532. The van der Waals surface area contributed by atoms with Crippen LogP contribution < -0.4 is 0 Å². The Morgan fingerprint density at radius 1 is 1.13 bits per heavy atom. The van der Waals surface area contributed by atoms with Crippen molar-refractivity contribution in [2.24, 2.45) is 5.92 Å². The summed E-state index contributed by atoms with van der Waals surface area (Å²) in [5.41, 5.74) is -0.850. The molecule has 0 saturated heterocycles. The molecular weight excluding hydrogens is 188 g/mol. The van der Waals surface area contributed by atoms with E-state index in [1.165, 1.54) is 32.1 Å². The molecular formula is C13H26O2. The fourth-order valence-electron chi connectivity index (χ4n) is 2.68. The van der Waals surface area contributed by atoms with E-state index in [0.29, 0.717) is 18.8 Å². The normalized spacial score (nSPS) is 21.6. The van der Waals surface area contributed by atoms with E-state index in [9.17, 15) is 10.2 Å². The maximum Gasteiger partial charge on any atom is 0.0900 e. The molecule has 1 atom stereocenters. The molecule has 0 bridgehead atoms. The Morgan fingerprint density at radius 3 is 2.13 bits per heavy atom. The van der Waals surface area contributed by atoms with E-state index in [-0.39, 0.29) is 0 Å². The van der Waals surface area contributed by atoms with Crippen molar-refractivity contribution in [2.75, 3.05) is 0 Å². The second-order valence-corrected chi connectivity index (χ2v) is 5.07. The Bertz CT molecular complexity index is 169. The van der Waals surface area contributed by atoms with E-state index >= 15 is 0 Å². The number of hydrogen-bond donors (Lipinski definition) is 2. The van der Waals surface area contributed by atoms with Gasteiger partial charge in [-0.3, -0.25) is 0 Å². The summed E-state index contributed by atoms with van der Waals surface area (Å²) in [6.45, 7) is 3.90. The lowest BCUT2D eigenvalue weighted by atomic mass is 9.80. The van der Waals surface area contributed by atoms with Crippen LogP contribution in [0.25, 0.3) is 0 Å². The lowest BCUT2D eigenvalue weighted by Crippen LogP contribution is -2.42. The maximum absolute atomic E-state index is 10.2. The molecule has 1 fully saturated rings. The maximum atomic E-state index is 10.2. The van der Waals surface area contributed by atoms with E-state index in [4.69, 9.17) is 0 Å². The monoisotopic (exact) mass is 214 g/mol. The highest BCUT2D eigenvalue weighted by atomic mass is 16.3. The summed E-state index contributed by atoms with van der Waals surface area (Å²) in [6, 6.07) is 0. The molecule has 0 spiro atoms. The standard InChI is InChI=1S/C13H26O2/c1-3-13(15,4-2)12(14)10-11-8-6-5-7-9-11/h11-12,14-15H,3-10H2,1-2H3. The van der Waals surface area contributed by atoms with Crippen molar-refractivity contribution in [3.63, 3.8) is 0 Å². The molecule has 0 amide bonds. The molecule has 0 aromatic carbocycles. The van der Waals surface area contributed by atoms with E-state index in [1.807, 2.05) is 13.8 Å². The Kier molecular flexibility index (Phi) is 5.07. The van der Waals surface area contributed by atoms with Crippen molar-refractivity contribution in [3.8, 4) is 0 Å². The molecule has 0 aromatic rings. The Balaban J connectivity index is 2.41. The molecule has 2 N–H and O–H groups in total. The van der Waals surface area contributed by atoms with Gasteiger partial charge in [-0.25, -0.2) is 0 Å². The summed E-state index contributed by atoms with van der Waals surface area (Å²) < 4.78 is 0. The van der Waals surface area contributed by atoms with Gasteiger partial charge in [0.15, 0.2) is 0 Å². The smallest absolute Gasteiger partial charge is 0.0900 e. The van der Waals surface area contributed by atoms with Gasteiger partial charge in [0.25, 0.3) is 0 Å². The average molecular weight is 214 g/mol. The van der Waals surface area contributed by atoms with Gasteiger partial charge in [0.2, 0.25) is 0 Å². The molecule has 0 heterocycles. The zero-order valence-electron chi connectivity index (χ0n) is 10.2. The van der Waals surface area contributed by atoms with Gasteiger partial charge < -0.3 is 10.2 Å². The Labute approximate surface area is 93.7 Å². The summed E-state index contributed by atoms with van der Waals surface area (Å²) in [6.07, 6.45) is 7.98. The third-order valence-electron chi connectivity index (χ3n) is 4.13. The van der Waals surface area contributed by atoms with Gasteiger partial charge in [-0.15, -0.1) is 0 Å². The first-order valence-electron chi connectivity index (χ1n) is 6.52. The molecule has 0 aromatic heterocycles. The lowest BCUT2D eigenvalue weighted by Gasteiger charge is -2.34. The van der Waals surface area contributed by atoms with Crippen LogP contribution >= 0.6 is 0 Å². The van der Waals surface area contributed by atoms with E-state index in [0.717, 1.165) is 6.42 Å². The van der Waals surface area contributed by atoms with Crippen molar-refractivity contribution in [3.05, 3.63) is 0 Å². The molecule has 1 saturated carbocycles. The SMILES string of the molecule is CCC(O)(CC)C(O)CC1CCCCC1. The van der Waals surface area contributed by atoms with Gasteiger partial charge in [0, 0.05) is 0 Å². The van der Waals surface area contributed by atoms with Crippen LogP contribution in [-0.2, 0) is 0 Å². The molecule has 90 valence electrons. The van der Waals surface area contributed by atoms with Gasteiger partial charge in [-0.1, -0.05) is 46.0 Å². The summed E-state index contributed by atoms with van der Waals surface area (Å²) in [5.74, 6) is 0.637. The van der Waals surface area contributed by atoms with Crippen molar-refractivity contribution in [1.29, 1.82) is 0 Å². The third kappa shape index (κ3) is 3.46. The van der Waals surface area contributed by atoms with Gasteiger partial charge in [-0.2, -0.15) is 0 Å². The predicted molar refractivity (Wildman–Crippen MR) is 62.7 cm³/mol. The number of aliphatic hydroxyl groups is 2. The van der Waals surface area contributed by atoms with Crippen molar-refractivity contribution >= 4 is 0 Å². The minimum atomic E-state index is -0.850. The van der Waals surface area contributed by atoms with Gasteiger partial charge in [0.05, 0.1) is 11.7 Å². The first-order chi connectivity index (χ1) is 7.12. The van der Waals surface area contributed by atoms with E-state index in [1.54, 1.807) is 0 Å². The van der Waals surface area contributed by atoms with E-state index < -0.39 is 11.7 Å². The molecule has 1 unspecified atom stereocenters. The number of rotatable bonds is 5. The number of aliphatic hydroxyl groups excluding tert-OH is 1. The second-order valence-electron chi connectivity index (χ2n) is 5.07. The van der Waals surface area contributed by atoms with Crippen LogP contribution in [-0.4, -0.2) is 21.9 Å². The zero-order chi connectivity index (χ0) is 11.3. The topological polar surface area (TPSA) is 40.5 Å². The highest BCUT2D eigenvalue weighted by Crippen LogP contribution is 2.31. The van der Waals surface area contributed by atoms with Crippen LogP contribution in [0.4, 0.5) is 0 Å². The van der Waals surface area contributed by atoms with Crippen LogP contribution in [0.5, 0.6) is 0 Å². The minimum Gasteiger partial charge on any atom is -0.390 e. The van der Waals surface area contributed by atoms with Crippen LogP contribution in [0.2, 0.25) is 0 Å². The quantitative estimate of drug-likeness (QED) is 0.739. The third-order valence-corrected chi connectivity index (χ3v) is 4.13. The molecule has 2 nitrogen and oxygen atoms in total. The van der Waals surface area contributed by atoms with Crippen LogP contribution in [0, 0.1) is 5.92 Å². The lowest BCUT2D eigenvalue weighted by molar-refractivity contribution is -0.0900. The van der Waals surface area contributed by atoms with Crippen molar-refractivity contribution < 1.29 is 10.2 Å². The summed E-state index contributed by atoms with van der Waals surface area (Å²) in [5, 5.41) is 20.2. The number of hydrogen-bond acceptors (Lipinski definition) is 2. The van der Waals surface area contributed by atoms with Crippen molar-refractivity contribution in [2.45, 2.75) is 76.9 Å². The van der Waals surface area contributed by atoms with Gasteiger partial charge in [0.1, 0.15) is 0 Å². The molecule has 15 heavy (non-hydrogen) atoms. The highest BCUT2D eigenvalue weighted by Gasteiger charge is 2.33. The second kappa shape index (κ2) is 5.86. The first-order valence-corrected chi connectivity index (χ1v) is 6.52. The molecule has 1 aliphatic rings. The van der Waals surface area contributed by atoms with Crippen LogP contribution in [0.3, 0.4) is 0 Å². The molecule has 2 heteroatoms. The van der Waals surface area contributed by atoms with Crippen LogP contribution in [0.1, 0.15) is 65.2 Å². The fraction of sp³-hybridized carbons (Fsp3) is 1.00. The first kappa shape index (κ1) is 13.0. The molecule has 1 aliphatic carbocycles. The molecule has 0 radical (unpaired) electrons. The predicted octanol–water partition coefficient (Wildman–Crippen LogP) is 2.87. The largest absolute Gasteiger partial charge is 0.390 e. The summed E-state index contributed by atoms with van der Waals surface area (Å²) in [7, 11) is 0. The average Bonchev–Trinajstić information content (AvgIpc) is 2.29. The van der Waals surface area contributed by atoms with Gasteiger partial charge in [-0.05, 0) is 25.2 Å². The van der Waals surface area contributed by atoms with Crippen LogP contribution in [0.15, 0.2) is 0 Å². The fourth-order valence-corrected chi connectivity index (χ4v) is 2.68. The zero-order valence-corrected chi connectivity index (χ0v) is 10.2. The van der Waals surface area contributed by atoms with Gasteiger partial charge >= 0.3 is 0 Å². The Hall–Kier alpha value is -0.0800. The molecule has 1 rings (SSSR count). The summed E-state index contributed by atoms with van der Waals surface area (Å²) >= 11 is 0.